The second kappa shape index (κ2) is 6.38. The van der Waals surface area contributed by atoms with Gasteiger partial charge in [0.2, 0.25) is 0 Å². The molecule has 2 aromatic rings. The summed E-state index contributed by atoms with van der Waals surface area (Å²) in [5.41, 5.74) is 0.863. The summed E-state index contributed by atoms with van der Waals surface area (Å²) < 4.78 is 31.6. The third-order valence-corrected chi connectivity index (χ3v) is 2.69. The van der Waals surface area contributed by atoms with Gasteiger partial charge in [-0.05, 0) is 36.4 Å². The molecule has 0 amide bonds. The standard InChI is InChI=1S/C14H12ClF2NO/c15-10-4-6-11(7-5-10)18-8-9-19-14-12(16)2-1-3-13(14)17/h1-7,18H,8-9H2. The number of anilines is 1. The van der Waals surface area contributed by atoms with E-state index in [-0.39, 0.29) is 12.4 Å². The second-order valence-electron chi connectivity index (χ2n) is 3.83. The molecule has 2 rings (SSSR count). The quantitative estimate of drug-likeness (QED) is 0.834. The number of ether oxygens (including phenoxy) is 1. The van der Waals surface area contributed by atoms with Crippen LogP contribution in [0.5, 0.6) is 5.75 Å². The van der Waals surface area contributed by atoms with E-state index >= 15 is 0 Å². The highest BCUT2D eigenvalue weighted by Gasteiger charge is 2.08. The molecule has 0 aromatic heterocycles. The SMILES string of the molecule is Fc1cccc(F)c1OCCNc1ccc(Cl)cc1. The molecule has 0 heterocycles. The van der Waals surface area contributed by atoms with Crippen LogP contribution in [0.1, 0.15) is 0 Å². The van der Waals surface area contributed by atoms with Crippen LogP contribution in [-0.2, 0) is 0 Å². The monoisotopic (exact) mass is 283 g/mol. The van der Waals surface area contributed by atoms with Gasteiger partial charge in [-0.3, -0.25) is 0 Å². The molecule has 0 aliphatic rings. The zero-order valence-corrected chi connectivity index (χ0v) is 10.8. The number of benzene rings is 2. The molecule has 0 saturated carbocycles. The zero-order chi connectivity index (χ0) is 13.7. The molecule has 0 aliphatic heterocycles. The van der Waals surface area contributed by atoms with Crippen LogP contribution in [-0.4, -0.2) is 13.2 Å². The van der Waals surface area contributed by atoms with Gasteiger partial charge >= 0.3 is 0 Å². The van der Waals surface area contributed by atoms with Crippen molar-refractivity contribution in [2.24, 2.45) is 0 Å². The lowest BCUT2D eigenvalue weighted by atomic mass is 10.3. The lowest BCUT2D eigenvalue weighted by molar-refractivity contribution is 0.297. The number of nitrogens with one attached hydrogen (secondary N) is 1. The van der Waals surface area contributed by atoms with Crippen molar-refractivity contribution in [3.63, 3.8) is 0 Å². The molecule has 0 aliphatic carbocycles. The first-order valence-corrected chi connectivity index (χ1v) is 6.11. The van der Waals surface area contributed by atoms with Crippen LogP contribution < -0.4 is 10.1 Å². The van der Waals surface area contributed by atoms with Crippen LogP contribution in [0.25, 0.3) is 0 Å². The summed E-state index contributed by atoms with van der Waals surface area (Å²) in [7, 11) is 0. The first-order valence-electron chi connectivity index (χ1n) is 5.73. The van der Waals surface area contributed by atoms with Crippen LogP contribution in [0.4, 0.5) is 14.5 Å². The van der Waals surface area contributed by atoms with Crippen molar-refractivity contribution in [1.29, 1.82) is 0 Å². The number of para-hydroxylation sites is 1. The summed E-state index contributed by atoms with van der Waals surface area (Å²) in [4.78, 5) is 0. The van der Waals surface area contributed by atoms with Crippen molar-refractivity contribution in [2.45, 2.75) is 0 Å². The Hall–Kier alpha value is -1.81. The lowest BCUT2D eigenvalue weighted by Gasteiger charge is -2.09. The van der Waals surface area contributed by atoms with Crippen molar-refractivity contribution in [3.8, 4) is 5.75 Å². The maximum atomic E-state index is 13.2. The molecule has 2 aromatic carbocycles. The maximum Gasteiger partial charge on any atom is 0.190 e. The maximum absolute atomic E-state index is 13.2. The summed E-state index contributed by atoms with van der Waals surface area (Å²) in [5.74, 6) is -1.75. The van der Waals surface area contributed by atoms with Crippen molar-refractivity contribution in [2.75, 3.05) is 18.5 Å². The summed E-state index contributed by atoms with van der Waals surface area (Å²) >= 11 is 5.75. The smallest absolute Gasteiger partial charge is 0.190 e. The summed E-state index contributed by atoms with van der Waals surface area (Å²) in [5, 5.41) is 3.70. The van der Waals surface area contributed by atoms with Gasteiger partial charge in [-0.1, -0.05) is 17.7 Å². The van der Waals surface area contributed by atoms with Crippen LogP contribution in [0.2, 0.25) is 5.02 Å². The number of halogens is 3. The zero-order valence-electron chi connectivity index (χ0n) is 10.00. The van der Waals surface area contributed by atoms with E-state index in [1.54, 1.807) is 12.1 Å². The normalized spacial score (nSPS) is 10.3. The Morgan fingerprint density at radius 2 is 1.63 bits per heavy atom. The molecule has 0 radical (unpaired) electrons. The molecule has 0 atom stereocenters. The third-order valence-electron chi connectivity index (χ3n) is 2.44. The molecule has 0 unspecified atom stereocenters. The van der Waals surface area contributed by atoms with Crippen molar-refractivity contribution in [1.82, 2.24) is 0 Å². The first kappa shape index (κ1) is 13.6. The molecular weight excluding hydrogens is 272 g/mol. The van der Waals surface area contributed by atoms with Gasteiger partial charge in [-0.2, -0.15) is 0 Å². The van der Waals surface area contributed by atoms with Gasteiger partial charge < -0.3 is 10.1 Å². The van der Waals surface area contributed by atoms with Crippen molar-refractivity contribution in [3.05, 3.63) is 59.1 Å². The van der Waals surface area contributed by atoms with Crippen LogP contribution in [0.15, 0.2) is 42.5 Å². The average Bonchev–Trinajstić information content (AvgIpc) is 2.39. The van der Waals surface area contributed by atoms with E-state index in [2.05, 4.69) is 5.32 Å². The number of hydrogen-bond acceptors (Lipinski definition) is 2. The molecular formula is C14H12ClF2NO. The second-order valence-corrected chi connectivity index (χ2v) is 4.27. The molecule has 0 bridgehead atoms. The van der Waals surface area contributed by atoms with Gasteiger partial charge in [0.05, 0.1) is 0 Å². The molecule has 0 saturated heterocycles. The van der Waals surface area contributed by atoms with Gasteiger partial charge in [-0.25, -0.2) is 8.78 Å². The Kier molecular flexibility index (Phi) is 4.58. The summed E-state index contributed by atoms with van der Waals surface area (Å²) in [6.45, 7) is 0.579. The average molecular weight is 284 g/mol. The van der Waals surface area contributed by atoms with Crippen molar-refractivity contribution < 1.29 is 13.5 Å². The van der Waals surface area contributed by atoms with E-state index in [4.69, 9.17) is 16.3 Å². The van der Waals surface area contributed by atoms with Crippen LogP contribution >= 0.6 is 11.6 Å². The fraction of sp³-hybridized carbons (Fsp3) is 0.143. The molecule has 1 N–H and O–H groups in total. The van der Waals surface area contributed by atoms with E-state index in [0.29, 0.717) is 11.6 Å². The summed E-state index contributed by atoms with van der Waals surface area (Å²) in [6, 6.07) is 10.7. The van der Waals surface area contributed by atoms with Crippen LogP contribution in [0.3, 0.4) is 0 Å². The lowest BCUT2D eigenvalue weighted by Crippen LogP contribution is -2.12. The molecule has 0 fully saturated rings. The Labute approximate surface area is 115 Å². The molecule has 0 spiro atoms. The number of rotatable bonds is 5. The minimum atomic E-state index is -0.702. The molecule has 2 nitrogen and oxygen atoms in total. The van der Waals surface area contributed by atoms with E-state index in [1.165, 1.54) is 6.07 Å². The van der Waals surface area contributed by atoms with E-state index in [0.717, 1.165) is 17.8 Å². The Balaban J connectivity index is 1.82. The predicted molar refractivity (Wildman–Crippen MR) is 71.8 cm³/mol. The highest BCUT2D eigenvalue weighted by Crippen LogP contribution is 2.20. The molecule has 19 heavy (non-hydrogen) atoms. The van der Waals surface area contributed by atoms with E-state index < -0.39 is 11.6 Å². The predicted octanol–water partition coefficient (Wildman–Crippen LogP) is 4.11. The van der Waals surface area contributed by atoms with Gasteiger partial charge in [-0.15, -0.1) is 0 Å². The first-order chi connectivity index (χ1) is 9.16. The van der Waals surface area contributed by atoms with Gasteiger partial charge in [0, 0.05) is 17.3 Å². The topological polar surface area (TPSA) is 21.3 Å². The number of hydrogen-bond donors (Lipinski definition) is 1. The minimum absolute atomic E-state index is 0.153. The third kappa shape index (κ3) is 3.83. The fourth-order valence-corrected chi connectivity index (χ4v) is 1.66. The summed E-state index contributed by atoms with van der Waals surface area (Å²) in [6.07, 6.45) is 0. The highest BCUT2D eigenvalue weighted by molar-refractivity contribution is 6.30. The Bertz CT molecular complexity index is 525. The van der Waals surface area contributed by atoms with E-state index in [1.807, 2.05) is 12.1 Å². The molecule has 5 heteroatoms. The van der Waals surface area contributed by atoms with Crippen LogP contribution in [0, 0.1) is 11.6 Å². The minimum Gasteiger partial charge on any atom is -0.486 e. The van der Waals surface area contributed by atoms with Gasteiger partial charge in [0.1, 0.15) is 6.61 Å². The van der Waals surface area contributed by atoms with E-state index in [9.17, 15) is 8.78 Å². The Morgan fingerprint density at radius 3 is 2.26 bits per heavy atom. The largest absolute Gasteiger partial charge is 0.486 e. The molecule has 100 valence electrons. The Morgan fingerprint density at radius 1 is 1.00 bits per heavy atom. The highest BCUT2D eigenvalue weighted by atomic mass is 35.5. The van der Waals surface area contributed by atoms with Gasteiger partial charge in [0.15, 0.2) is 17.4 Å². The van der Waals surface area contributed by atoms with Crippen molar-refractivity contribution >= 4 is 17.3 Å². The fourth-order valence-electron chi connectivity index (χ4n) is 1.54. The van der Waals surface area contributed by atoms with Gasteiger partial charge in [0.25, 0.3) is 0 Å².